The Morgan fingerprint density at radius 3 is 2.59 bits per heavy atom. The van der Waals surface area contributed by atoms with E-state index < -0.39 is 0 Å². The van der Waals surface area contributed by atoms with Gasteiger partial charge in [0.05, 0.1) is 6.04 Å². The van der Waals surface area contributed by atoms with Crippen molar-refractivity contribution in [1.82, 2.24) is 9.97 Å². The molecule has 0 aliphatic heterocycles. The lowest BCUT2D eigenvalue weighted by atomic mass is 9.87. The molecule has 1 aliphatic carbocycles. The summed E-state index contributed by atoms with van der Waals surface area (Å²) in [5, 5.41) is 0. The topological polar surface area (TPSA) is 51.8 Å². The SMILES string of the molecule is CC(C)C(N)c1nccc(C2CCCCC2)n1. The maximum Gasteiger partial charge on any atom is 0.145 e. The second-order valence-corrected chi connectivity index (χ2v) is 5.44. The lowest BCUT2D eigenvalue weighted by Gasteiger charge is -2.22. The molecule has 0 aromatic carbocycles. The van der Waals surface area contributed by atoms with Gasteiger partial charge in [-0.2, -0.15) is 0 Å². The predicted octanol–water partition coefficient (Wildman–Crippen LogP) is 3.18. The van der Waals surface area contributed by atoms with Crippen LogP contribution in [0.3, 0.4) is 0 Å². The van der Waals surface area contributed by atoms with Crippen LogP contribution in [0.1, 0.15) is 69.4 Å². The van der Waals surface area contributed by atoms with Crippen LogP contribution >= 0.6 is 0 Å². The maximum absolute atomic E-state index is 6.11. The minimum atomic E-state index is -0.0430. The standard InChI is InChI=1S/C14H23N3/c1-10(2)13(15)14-16-9-8-12(17-14)11-6-4-3-5-7-11/h8-11,13H,3-7,15H2,1-2H3. The van der Waals surface area contributed by atoms with Crippen LogP contribution in [0.25, 0.3) is 0 Å². The molecule has 0 spiro atoms. The molecule has 1 atom stereocenters. The Morgan fingerprint density at radius 1 is 1.24 bits per heavy atom. The first-order valence-corrected chi connectivity index (χ1v) is 6.77. The highest BCUT2D eigenvalue weighted by Crippen LogP contribution is 2.31. The van der Waals surface area contributed by atoms with Crippen LogP contribution in [0.5, 0.6) is 0 Å². The second-order valence-electron chi connectivity index (χ2n) is 5.44. The van der Waals surface area contributed by atoms with Crippen molar-refractivity contribution in [1.29, 1.82) is 0 Å². The summed E-state index contributed by atoms with van der Waals surface area (Å²) in [7, 11) is 0. The summed E-state index contributed by atoms with van der Waals surface area (Å²) in [5.74, 6) is 1.82. The first-order valence-electron chi connectivity index (χ1n) is 6.77. The van der Waals surface area contributed by atoms with Crippen LogP contribution in [0.4, 0.5) is 0 Å². The van der Waals surface area contributed by atoms with E-state index in [0.29, 0.717) is 11.8 Å². The van der Waals surface area contributed by atoms with Gasteiger partial charge in [-0.05, 0) is 24.8 Å². The largest absolute Gasteiger partial charge is 0.321 e. The van der Waals surface area contributed by atoms with Gasteiger partial charge in [-0.1, -0.05) is 33.1 Å². The fourth-order valence-corrected chi connectivity index (χ4v) is 2.47. The Morgan fingerprint density at radius 2 is 1.94 bits per heavy atom. The van der Waals surface area contributed by atoms with Crippen molar-refractivity contribution in [2.75, 3.05) is 0 Å². The third-order valence-corrected chi connectivity index (χ3v) is 3.74. The molecule has 3 heteroatoms. The molecule has 2 N–H and O–H groups in total. The van der Waals surface area contributed by atoms with E-state index in [1.807, 2.05) is 6.20 Å². The highest BCUT2D eigenvalue weighted by Gasteiger charge is 2.19. The van der Waals surface area contributed by atoms with Crippen molar-refractivity contribution in [3.63, 3.8) is 0 Å². The van der Waals surface area contributed by atoms with Crippen molar-refractivity contribution < 1.29 is 0 Å². The first-order chi connectivity index (χ1) is 8.18. The van der Waals surface area contributed by atoms with E-state index in [9.17, 15) is 0 Å². The Labute approximate surface area is 104 Å². The number of hydrogen-bond donors (Lipinski definition) is 1. The minimum Gasteiger partial charge on any atom is -0.321 e. The second kappa shape index (κ2) is 5.58. The van der Waals surface area contributed by atoms with E-state index in [2.05, 4.69) is 29.9 Å². The molecule has 1 aliphatic rings. The monoisotopic (exact) mass is 233 g/mol. The van der Waals surface area contributed by atoms with Gasteiger partial charge in [0.15, 0.2) is 0 Å². The molecule has 0 saturated heterocycles. The smallest absolute Gasteiger partial charge is 0.145 e. The van der Waals surface area contributed by atoms with Gasteiger partial charge in [-0.3, -0.25) is 0 Å². The zero-order valence-corrected chi connectivity index (χ0v) is 10.9. The first kappa shape index (κ1) is 12.5. The molecule has 1 unspecified atom stereocenters. The van der Waals surface area contributed by atoms with E-state index >= 15 is 0 Å². The Bertz CT molecular complexity index is 356. The quantitative estimate of drug-likeness (QED) is 0.872. The van der Waals surface area contributed by atoms with Gasteiger partial charge in [-0.15, -0.1) is 0 Å². The number of hydrogen-bond acceptors (Lipinski definition) is 3. The molecule has 1 aromatic heterocycles. The van der Waals surface area contributed by atoms with E-state index in [0.717, 1.165) is 5.82 Å². The Kier molecular flexibility index (Phi) is 4.11. The average molecular weight is 233 g/mol. The highest BCUT2D eigenvalue weighted by atomic mass is 14.9. The van der Waals surface area contributed by atoms with Crippen molar-refractivity contribution in [3.05, 3.63) is 23.8 Å². The molecule has 1 fully saturated rings. The van der Waals surface area contributed by atoms with Gasteiger partial charge in [-0.25, -0.2) is 9.97 Å². The van der Waals surface area contributed by atoms with Gasteiger partial charge in [0.1, 0.15) is 5.82 Å². The Hall–Kier alpha value is -0.960. The van der Waals surface area contributed by atoms with Crippen LogP contribution in [0.2, 0.25) is 0 Å². The summed E-state index contributed by atoms with van der Waals surface area (Å²) in [6.45, 7) is 4.22. The molecular weight excluding hydrogens is 210 g/mol. The molecule has 1 aromatic rings. The maximum atomic E-state index is 6.11. The summed E-state index contributed by atoms with van der Waals surface area (Å²) in [5.41, 5.74) is 7.31. The van der Waals surface area contributed by atoms with Crippen molar-refractivity contribution in [3.8, 4) is 0 Å². The summed E-state index contributed by atoms with van der Waals surface area (Å²) in [4.78, 5) is 9.00. The molecule has 0 radical (unpaired) electrons. The fourth-order valence-electron chi connectivity index (χ4n) is 2.47. The van der Waals surface area contributed by atoms with E-state index in [1.54, 1.807) is 0 Å². The number of aromatic nitrogens is 2. The van der Waals surface area contributed by atoms with Crippen LogP contribution in [0, 0.1) is 5.92 Å². The zero-order valence-electron chi connectivity index (χ0n) is 10.9. The Balaban J connectivity index is 2.15. The molecule has 0 bridgehead atoms. The molecule has 1 heterocycles. The number of rotatable bonds is 3. The van der Waals surface area contributed by atoms with Gasteiger partial charge in [0.2, 0.25) is 0 Å². The van der Waals surface area contributed by atoms with E-state index in [4.69, 9.17) is 5.73 Å². The van der Waals surface area contributed by atoms with E-state index in [-0.39, 0.29) is 6.04 Å². The normalized spacial score (nSPS) is 19.5. The van der Waals surface area contributed by atoms with Crippen LogP contribution in [-0.4, -0.2) is 9.97 Å². The van der Waals surface area contributed by atoms with Crippen molar-refractivity contribution >= 4 is 0 Å². The van der Waals surface area contributed by atoms with Gasteiger partial charge in [0, 0.05) is 17.8 Å². The van der Waals surface area contributed by atoms with Gasteiger partial charge in [0.25, 0.3) is 0 Å². The van der Waals surface area contributed by atoms with Crippen molar-refractivity contribution in [2.45, 2.75) is 57.9 Å². The summed E-state index contributed by atoms with van der Waals surface area (Å²) < 4.78 is 0. The summed E-state index contributed by atoms with van der Waals surface area (Å²) in [6, 6.07) is 2.02. The molecule has 17 heavy (non-hydrogen) atoms. The summed E-state index contributed by atoms with van der Waals surface area (Å²) in [6.07, 6.45) is 8.45. The zero-order chi connectivity index (χ0) is 12.3. The molecular formula is C14H23N3. The summed E-state index contributed by atoms with van der Waals surface area (Å²) >= 11 is 0. The van der Waals surface area contributed by atoms with E-state index in [1.165, 1.54) is 37.8 Å². The lowest BCUT2D eigenvalue weighted by Crippen LogP contribution is -2.20. The predicted molar refractivity (Wildman–Crippen MR) is 69.6 cm³/mol. The molecule has 2 rings (SSSR count). The third-order valence-electron chi connectivity index (χ3n) is 3.74. The van der Waals surface area contributed by atoms with Crippen molar-refractivity contribution in [2.24, 2.45) is 11.7 Å². The highest BCUT2D eigenvalue weighted by molar-refractivity contribution is 5.11. The van der Waals surface area contributed by atoms with Gasteiger partial charge < -0.3 is 5.73 Å². The molecule has 3 nitrogen and oxygen atoms in total. The molecule has 1 saturated carbocycles. The minimum absolute atomic E-state index is 0.0430. The van der Waals surface area contributed by atoms with Crippen LogP contribution < -0.4 is 5.73 Å². The number of nitrogens with zero attached hydrogens (tertiary/aromatic N) is 2. The molecule has 94 valence electrons. The fraction of sp³-hybridized carbons (Fsp3) is 0.714. The third kappa shape index (κ3) is 3.03. The number of nitrogens with two attached hydrogens (primary N) is 1. The van der Waals surface area contributed by atoms with Crippen LogP contribution in [0.15, 0.2) is 12.3 Å². The van der Waals surface area contributed by atoms with Crippen LogP contribution in [-0.2, 0) is 0 Å². The average Bonchev–Trinajstić information content (AvgIpc) is 2.39. The van der Waals surface area contributed by atoms with Gasteiger partial charge >= 0.3 is 0 Å². The molecule has 0 amide bonds. The lowest BCUT2D eigenvalue weighted by molar-refractivity contribution is 0.429.